The molecule has 4 aromatic rings. The summed E-state index contributed by atoms with van der Waals surface area (Å²) in [5, 5.41) is 0.874. The molecular formula is C30H28N2O3S. The Bertz CT molecular complexity index is 1380. The number of hydrogen-bond donors (Lipinski definition) is 0. The number of para-hydroxylation sites is 2. The van der Waals surface area contributed by atoms with Gasteiger partial charge in [0.05, 0.1) is 11.5 Å². The van der Waals surface area contributed by atoms with Crippen molar-refractivity contribution in [2.45, 2.75) is 25.8 Å². The first-order chi connectivity index (χ1) is 17.7. The van der Waals surface area contributed by atoms with Crippen molar-refractivity contribution in [3.63, 3.8) is 0 Å². The predicted molar refractivity (Wildman–Crippen MR) is 146 cm³/mol. The van der Waals surface area contributed by atoms with E-state index in [0.29, 0.717) is 18.1 Å². The molecule has 1 aliphatic heterocycles. The molecule has 182 valence electrons. The van der Waals surface area contributed by atoms with Gasteiger partial charge in [-0.15, -0.1) is 0 Å². The summed E-state index contributed by atoms with van der Waals surface area (Å²) in [5.41, 5.74) is 3.26. The molecule has 0 unspecified atom stereocenters. The molecule has 36 heavy (non-hydrogen) atoms. The Balaban J connectivity index is 1.25. The monoisotopic (exact) mass is 496 g/mol. The number of carbonyl (C=O) groups excluding carboxylic acids is 2. The van der Waals surface area contributed by atoms with E-state index in [9.17, 15) is 9.59 Å². The van der Waals surface area contributed by atoms with Crippen LogP contribution in [0.1, 0.15) is 24.0 Å². The normalized spacial score (nSPS) is 14.8. The minimum atomic E-state index is -0.203. The molecule has 1 fully saturated rings. The van der Waals surface area contributed by atoms with Gasteiger partial charge in [0, 0.05) is 35.8 Å². The Morgan fingerprint density at radius 1 is 0.806 bits per heavy atom. The molecule has 0 N–H and O–H groups in total. The summed E-state index contributed by atoms with van der Waals surface area (Å²) in [5.74, 6) is 0.668. The van der Waals surface area contributed by atoms with Gasteiger partial charge in [0.1, 0.15) is 5.75 Å². The second-order valence-corrected chi connectivity index (χ2v) is 9.73. The van der Waals surface area contributed by atoms with Crippen LogP contribution in [0.3, 0.4) is 0 Å². The number of ether oxygens (including phenoxy) is 1. The highest BCUT2D eigenvalue weighted by atomic mass is 32.2. The first-order valence-corrected chi connectivity index (χ1v) is 13.1. The van der Waals surface area contributed by atoms with Crippen molar-refractivity contribution in [3.05, 3.63) is 107 Å². The lowest BCUT2D eigenvalue weighted by atomic mass is 10.1. The van der Waals surface area contributed by atoms with E-state index in [1.807, 2.05) is 66.7 Å². The third kappa shape index (κ3) is 5.55. The molecule has 5 nitrogen and oxygen atoms in total. The average Bonchev–Trinajstić information content (AvgIpc) is 3.39. The third-order valence-electron chi connectivity index (χ3n) is 6.22. The molecule has 2 heterocycles. The van der Waals surface area contributed by atoms with E-state index in [0.717, 1.165) is 59.8 Å². The highest BCUT2D eigenvalue weighted by Gasteiger charge is 2.34. The number of hydrogen-bond acceptors (Lipinski definition) is 4. The first kappa shape index (κ1) is 23.9. The summed E-state index contributed by atoms with van der Waals surface area (Å²) in [4.78, 5) is 27.5. The van der Waals surface area contributed by atoms with Gasteiger partial charge in [0.15, 0.2) is 0 Å². The Morgan fingerprint density at radius 2 is 1.53 bits per heavy atom. The van der Waals surface area contributed by atoms with Crippen molar-refractivity contribution in [1.29, 1.82) is 0 Å². The first-order valence-electron chi connectivity index (χ1n) is 12.2. The zero-order valence-electron chi connectivity index (χ0n) is 20.0. The Morgan fingerprint density at radius 3 is 2.33 bits per heavy atom. The molecular weight excluding hydrogens is 468 g/mol. The third-order valence-corrected chi connectivity index (χ3v) is 7.13. The highest BCUT2D eigenvalue weighted by Crippen LogP contribution is 2.34. The van der Waals surface area contributed by atoms with Crippen LogP contribution in [-0.2, 0) is 17.8 Å². The highest BCUT2D eigenvalue weighted by molar-refractivity contribution is 8.18. The predicted octanol–water partition coefficient (Wildman–Crippen LogP) is 6.78. The molecule has 0 saturated carbocycles. The molecule has 1 saturated heterocycles. The zero-order chi connectivity index (χ0) is 24.7. The number of amides is 2. The van der Waals surface area contributed by atoms with Crippen LogP contribution in [0.2, 0.25) is 0 Å². The van der Waals surface area contributed by atoms with Gasteiger partial charge in [-0.25, -0.2) is 0 Å². The van der Waals surface area contributed by atoms with Gasteiger partial charge in [-0.3, -0.25) is 14.5 Å². The van der Waals surface area contributed by atoms with Crippen molar-refractivity contribution < 1.29 is 14.3 Å². The average molecular weight is 497 g/mol. The second kappa shape index (κ2) is 11.3. The summed E-state index contributed by atoms with van der Waals surface area (Å²) in [6.07, 6.45) is 6.37. The lowest BCUT2D eigenvalue weighted by Gasteiger charge is -2.12. The van der Waals surface area contributed by atoms with E-state index in [2.05, 4.69) is 35.0 Å². The Labute approximate surface area is 215 Å². The number of aromatic nitrogens is 1. The number of imide groups is 1. The molecule has 0 spiro atoms. The Hall–Kier alpha value is -3.77. The van der Waals surface area contributed by atoms with E-state index >= 15 is 0 Å². The van der Waals surface area contributed by atoms with E-state index in [4.69, 9.17) is 4.74 Å². The topological polar surface area (TPSA) is 51.5 Å². The number of thioether (sulfide) groups is 1. The zero-order valence-corrected chi connectivity index (χ0v) is 20.8. The fourth-order valence-corrected chi connectivity index (χ4v) is 5.29. The van der Waals surface area contributed by atoms with Gasteiger partial charge in [0.2, 0.25) is 0 Å². The van der Waals surface area contributed by atoms with Crippen molar-refractivity contribution >= 4 is 39.9 Å². The van der Waals surface area contributed by atoms with Gasteiger partial charge in [0.25, 0.3) is 11.1 Å². The number of nitrogens with zero attached hydrogens (tertiary/aromatic N) is 2. The van der Waals surface area contributed by atoms with Crippen LogP contribution in [0, 0.1) is 0 Å². The van der Waals surface area contributed by atoms with Crippen LogP contribution in [0.5, 0.6) is 5.75 Å². The SMILES string of the molecule is O=C1S/C(=C\c2cn(CCCOc3ccccc3)c3ccccc23)C(=O)N1CCCc1ccccc1. The van der Waals surface area contributed by atoms with Crippen LogP contribution < -0.4 is 4.74 Å². The maximum absolute atomic E-state index is 13.0. The number of carbonyl (C=O) groups is 2. The molecule has 0 atom stereocenters. The molecule has 1 aliphatic rings. The van der Waals surface area contributed by atoms with E-state index in [-0.39, 0.29) is 11.1 Å². The maximum atomic E-state index is 13.0. The molecule has 0 radical (unpaired) electrons. The van der Waals surface area contributed by atoms with Crippen LogP contribution in [0.4, 0.5) is 4.79 Å². The van der Waals surface area contributed by atoms with E-state index < -0.39 is 0 Å². The Kier molecular flexibility index (Phi) is 7.52. The van der Waals surface area contributed by atoms with Crippen molar-refractivity contribution in [3.8, 4) is 5.75 Å². The molecule has 5 rings (SSSR count). The fourth-order valence-electron chi connectivity index (χ4n) is 4.44. The second-order valence-electron chi connectivity index (χ2n) is 8.73. The lowest BCUT2D eigenvalue weighted by molar-refractivity contribution is -0.122. The maximum Gasteiger partial charge on any atom is 0.293 e. The van der Waals surface area contributed by atoms with Crippen LogP contribution in [0.15, 0.2) is 96.0 Å². The van der Waals surface area contributed by atoms with Crippen molar-refractivity contribution in [1.82, 2.24) is 9.47 Å². The summed E-state index contributed by atoms with van der Waals surface area (Å²) < 4.78 is 8.03. The quantitative estimate of drug-likeness (QED) is 0.179. The van der Waals surface area contributed by atoms with E-state index in [1.54, 1.807) is 0 Å². The van der Waals surface area contributed by atoms with Gasteiger partial charge in [-0.2, -0.15) is 0 Å². The van der Waals surface area contributed by atoms with Gasteiger partial charge in [-0.05, 0) is 60.9 Å². The van der Waals surface area contributed by atoms with Crippen LogP contribution >= 0.6 is 11.8 Å². The summed E-state index contributed by atoms with van der Waals surface area (Å²) >= 11 is 1.03. The summed E-state index contributed by atoms with van der Waals surface area (Å²) in [7, 11) is 0. The molecule has 2 amide bonds. The minimum Gasteiger partial charge on any atom is -0.494 e. The van der Waals surface area contributed by atoms with Crippen LogP contribution in [-0.4, -0.2) is 33.8 Å². The fraction of sp³-hybridized carbons (Fsp3) is 0.200. The minimum absolute atomic E-state index is 0.193. The largest absolute Gasteiger partial charge is 0.494 e. The van der Waals surface area contributed by atoms with Crippen LogP contribution in [0.25, 0.3) is 17.0 Å². The smallest absolute Gasteiger partial charge is 0.293 e. The van der Waals surface area contributed by atoms with Gasteiger partial charge >= 0.3 is 0 Å². The number of rotatable bonds is 10. The molecule has 1 aromatic heterocycles. The summed E-state index contributed by atoms with van der Waals surface area (Å²) in [6.45, 7) is 1.84. The van der Waals surface area contributed by atoms with Gasteiger partial charge in [-0.1, -0.05) is 66.7 Å². The standard InChI is InChI=1S/C30H28N2O3S/c33-29-28(36-30(34)32(29)19-9-13-23-11-3-1-4-12-23)21-24-22-31(27-17-8-7-16-26(24)27)18-10-20-35-25-14-5-2-6-15-25/h1-8,11-12,14-17,21-22H,9-10,13,18-20H2/b28-21-. The van der Waals surface area contributed by atoms with Crippen molar-refractivity contribution in [2.75, 3.05) is 13.2 Å². The molecule has 3 aromatic carbocycles. The lowest BCUT2D eigenvalue weighted by Crippen LogP contribution is -2.29. The van der Waals surface area contributed by atoms with Crippen molar-refractivity contribution in [2.24, 2.45) is 0 Å². The molecule has 0 aliphatic carbocycles. The van der Waals surface area contributed by atoms with Gasteiger partial charge < -0.3 is 9.30 Å². The van der Waals surface area contributed by atoms with E-state index in [1.165, 1.54) is 10.5 Å². The molecule has 6 heteroatoms. The molecule has 0 bridgehead atoms. The number of fused-ring (bicyclic) bond motifs is 1. The number of aryl methyl sites for hydroxylation is 2. The summed E-state index contributed by atoms with van der Waals surface area (Å²) in [6, 6.07) is 28.1. The number of benzene rings is 3.